The summed E-state index contributed by atoms with van der Waals surface area (Å²) >= 11 is 0. The van der Waals surface area contributed by atoms with Crippen molar-refractivity contribution in [3.05, 3.63) is 64.0 Å². The van der Waals surface area contributed by atoms with Gasteiger partial charge in [0.05, 0.1) is 6.54 Å². The van der Waals surface area contributed by atoms with Gasteiger partial charge in [0, 0.05) is 30.4 Å². The summed E-state index contributed by atoms with van der Waals surface area (Å²) in [5.41, 5.74) is 1.89. The number of fused-ring (bicyclic) bond motifs is 1. The monoisotopic (exact) mass is 333 g/mol. The van der Waals surface area contributed by atoms with Crippen molar-refractivity contribution in [2.75, 3.05) is 7.05 Å². The van der Waals surface area contributed by atoms with E-state index in [2.05, 4.69) is 4.98 Å². The summed E-state index contributed by atoms with van der Waals surface area (Å²) in [7, 11) is 1.79. The maximum Gasteiger partial charge on any atom is 0.336 e. The quantitative estimate of drug-likeness (QED) is 0.672. The molecule has 24 heavy (non-hydrogen) atoms. The summed E-state index contributed by atoms with van der Waals surface area (Å²) in [6.07, 6.45) is 2.60. The van der Waals surface area contributed by atoms with Gasteiger partial charge < -0.3 is 4.42 Å². The molecule has 0 unspecified atom stereocenters. The highest BCUT2D eigenvalue weighted by atomic mass is 19.3. The molecule has 0 aliphatic rings. The maximum absolute atomic E-state index is 12.9. The third-order valence-corrected chi connectivity index (χ3v) is 3.80. The Bertz CT molecular complexity index is 918. The third-order valence-electron chi connectivity index (χ3n) is 3.80. The Hall–Kier alpha value is -2.54. The van der Waals surface area contributed by atoms with Crippen LogP contribution < -0.4 is 5.63 Å². The first-order valence-electron chi connectivity index (χ1n) is 7.46. The van der Waals surface area contributed by atoms with E-state index in [1.165, 1.54) is 18.5 Å². The zero-order chi connectivity index (χ0) is 17.3. The standard InChI is InChI=1S/C17H17F2N3O2/c1-11-3-4-13-12(8-16(23)24-14(13)7-11)9-21(2)10-15-20-5-6-22(15)17(18)19/h3-8,17H,9-10H2,1-2H3. The Morgan fingerprint density at radius 3 is 2.83 bits per heavy atom. The number of imidazole rings is 1. The number of aromatic nitrogens is 2. The van der Waals surface area contributed by atoms with Gasteiger partial charge in [0.1, 0.15) is 11.4 Å². The number of benzene rings is 1. The minimum atomic E-state index is -2.62. The molecule has 7 heteroatoms. The molecule has 2 heterocycles. The summed E-state index contributed by atoms with van der Waals surface area (Å²) in [4.78, 5) is 17.6. The number of aryl methyl sites for hydroxylation is 1. The number of alkyl halides is 2. The van der Waals surface area contributed by atoms with E-state index in [-0.39, 0.29) is 12.4 Å². The van der Waals surface area contributed by atoms with Crippen LogP contribution in [0.2, 0.25) is 0 Å². The number of rotatable bonds is 5. The van der Waals surface area contributed by atoms with Crippen molar-refractivity contribution in [2.24, 2.45) is 0 Å². The van der Waals surface area contributed by atoms with Gasteiger partial charge in [-0.05, 0) is 31.2 Å². The van der Waals surface area contributed by atoms with Crippen molar-refractivity contribution in [3.63, 3.8) is 0 Å². The zero-order valence-corrected chi connectivity index (χ0v) is 13.4. The van der Waals surface area contributed by atoms with Gasteiger partial charge in [0.15, 0.2) is 0 Å². The van der Waals surface area contributed by atoms with Gasteiger partial charge in [-0.15, -0.1) is 0 Å². The molecule has 1 aromatic carbocycles. The molecule has 0 saturated carbocycles. The van der Waals surface area contributed by atoms with Gasteiger partial charge in [0.25, 0.3) is 0 Å². The van der Waals surface area contributed by atoms with Crippen molar-refractivity contribution in [3.8, 4) is 0 Å². The van der Waals surface area contributed by atoms with Crippen molar-refractivity contribution in [2.45, 2.75) is 26.6 Å². The summed E-state index contributed by atoms with van der Waals surface area (Å²) in [6, 6.07) is 7.09. The van der Waals surface area contributed by atoms with Crippen LogP contribution in [-0.4, -0.2) is 21.5 Å². The second kappa shape index (κ2) is 6.52. The molecule has 0 aliphatic carbocycles. The van der Waals surface area contributed by atoms with Crippen molar-refractivity contribution in [1.82, 2.24) is 14.5 Å². The Morgan fingerprint density at radius 2 is 2.08 bits per heavy atom. The molecule has 0 N–H and O–H groups in total. The largest absolute Gasteiger partial charge is 0.423 e. The van der Waals surface area contributed by atoms with Crippen LogP contribution in [0.1, 0.15) is 23.5 Å². The predicted molar refractivity (Wildman–Crippen MR) is 85.9 cm³/mol. The van der Waals surface area contributed by atoms with E-state index in [1.807, 2.05) is 30.0 Å². The zero-order valence-electron chi connectivity index (χ0n) is 13.4. The molecule has 126 valence electrons. The highest BCUT2D eigenvalue weighted by Crippen LogP contribution is 2.20. The highest BCUT2D eigenvalue weighted by Gasteiger charge is 2.14. The van der Waals surface area contributed by atoms with E-state index in [1.54, 1.807) is 7.05 Å². The minimum Gasteiger partial charge on any atom is -0.423 e. The first kappa shape index (κ1) is 16.3. The lowest BCUT2D eigenvalue weighted by atomic mass is 10.1. The van der Waals surface area contributed by atoms with Crippen LogP contribution in [0.5, 0.6) is 0 Å². The Balaban J connectivity index is 1.86. The van der Waals surface area contributed by atoms with Crippen LogP contribution in [0.3, 0.4) is 0 Å². The average Bonchev–Trinajstić information content (AvgIpc) is 2.94. The second-order valence-electron chi connectivity index (χ2n) is 5.79. The van der Waals surface area contributed by atoms with Crippen molar-refractivity contribution >= 4 is 11.0 Å². The van der Waals surface area contributed by atoms with Gasteiger partial charge in [-0.3, -0.25) is 9.47 Å². The molecule has 0 fully saturated rings. The van der Waals surface area contributed by atoms with Gasteiger partial charge in [-0.2, -0.15) is 8.78 Å². The van der Waals surface area contributed by atoms with E-state index >= 15 is 0 Å². The molecule has 0 saturated heterocycles. The minimum absolute atomic E-state index is 0.241. The first-order chi connectivity index (χ1) is 11.4. The molecule has 0 radical (unpaired) electrons. The van der Waals surface area contributed by atoms with Gasteiger partial charge in [-0.1, -0.05) is 12.1 Å². The van der Waals surface area contributed by atoms with E-state index in [0.29, 0.717) is 12.1 Å². The second-order valence-corrected chi connectivity index (χ2v) is 5.79. The first-order valence-corrected chi connectivity index (χ1v) is 7.46. The predicted octanol–water partition coefficient (Wildman–Crippen LogP) is 3.33. The van der Waals surface area contributed by atoms with Crippen LogP contribution in [0.25, 0.3) is 11.0 Å². The molecule has 0 amide bonds. The van der Waals surface area contributed by atoms with E-state index < -0.39 is 12.2 Å². The summed E-state index contributed by atoms with van der Waals surface area (Å²) in [5.74, 6) is 0.274. The van der Waals surface area contributed by atoms with Crippen molar-refractivity contribution < 1.29 is 13.2 Å². The molecule has 0 spiro atoms. The molecule has 2 aromatic heterocycles. The topological polar surface area (TPSA) is 51.3 Å². The third kappa shape index (κ3) is 3.35. The molecule has 3 rings (SSSR count). The fourth-order valence-corrected chi connectivity index (χ4v) is 2.70. The van der Waals surface area contributed by atoms with Crippen molar-refractivity contribution in [1.29, 1.82) is 0 Å². The van der Waals surface area contributed by atoms with Crippen LogP contribution >= 0.6 is 0 Å². The molecular weight excluding hydrogens is 316 g/mol. The molecular formula is C17H17F2N3O2. The SMILES string of the molecule is Cc1ccc2c(CN(C)Cc3nccn3C(F)F)cc(=O)oc2c1. The van der Waals surface area contributed by atoms with E-state index in [9.17, 15) is 13.6 Å². The molecule has 0 aliphatic heterocycles. The fraction of sp³-hybridized carbons (Fsp3) is 0.294. The summed E-state index contributed by atoms with van der Waals surface area (Å²) < 4.78 is 31.8. The molecule has 0 atom stereocenters. The fourth-order valence-electron chi connectivity index (χ4n) is 2.70. The summed E-state index contributed by atoms with van der Waals surface area (Å²) in [6.45, 7) is -0.0438. The highest BCUT2D eigenvalue weighted by molar-refractivity contribution is 5.80. The Labute approximate surface area is 137 Å². The van der Waals surface area contributed by atoms with Gasteiger partial charge in [0.2, 0.25) is 0 Å². The van der Waals surface area contributed by atoms with Gasteiger partial charge in [-0.25, -0.2) is 9.78 Å². The Morgan fingerprint density at radius 1 is 1.29 bits per heavy atom. The van der Waals surface area contributed by atoms with E-state index in [0.717, 1.165) is 21.1 Å². The van der Waals surface area contributed by atoms with Crippen LogP contribution in [0.15, 0.2) is 45.9 Å². The van der Waals surface area contributed by atoms with Crippen LogP contribution in [0, 0.1) is 6.92 Å². The van der Waals surface area contributed by atoms with Gasteiger partial charge >= 0.3 is 12.2 Å². The maximum atomic E-state index is 12.9. The number of hydrogen-bond donors (Lipinski definition) is 0. The lowest BCUT2D eigenvalue weighted by molar-refractivity contribution is 0.0644. The lowest BCUT2D eigenvalue weighted by Crippen LogP contribution is -2.21. The Kier molecular flexibility index (Phi) is 4.44. The normalized spacial score (nSPS) is 11.8. The number of nitrogens with zero attached hydrogens (tertiary/aromatic N) is 3. The average molecular weight is 333 g/mol. The smallest absolute Gasteiger partial charge is 0.336 e. The molecule has 0 bridgehead atoms. The van der Waals surface area contributed by atoms with Crippen LogP contribution in [-0.2, 0) is 13.1 Å². The number of halogens is 2. The molecule has 3 aromatic rings. The van der Waals surface area contributed by atoms with Crippen LogP contribution in [0.4, 0.5) is 8.78 Å². The molecule has 5 nitrogen and oxygen atoms in total. The van der Waals surface area contributed by atoms with E-state index in [4.69, 9.17) is 4.42 Å². The lowest BCUT2D eigenvalue weighted by Gasteiger charge is -2.18. The number of hydrogen-bond acceptors (Lipinski definition) is 4. The summed E-state index contributed by atoms with van der Waals surface area (Å²) in [5, 5.41) is 0.837.